The summed E-state index contributed by atoms with van der Waals surface area (Å²) in [4.78, 5) is -0.0660. The molecule has 5 rings (SSSR count). The van der Waals surface area contributed by atoms with Crippen LogP contribution in [0.5, 0.6) is 0 Å². The lowest BCUT2D eigenvalue weighted by atomic mass is 9.90. The molecular weight excluding hydrogens is 565 g/mol. The summed E-state index contributed by atoms with van der Waals surface area (Å²) in [5, 5.41) is 14.2. The summed E-state index contributed by atoms with van der Waals surface area (Å²) in [6.07, 6.45) is 0.396. The van der Waals surface area contributed by atoms with Gasteiger partial charge < -0.3 is 5.32 Å². The van der Waals surface area contributed by atoms with Crippen LogP contribution in [0.2, 0.25) is 5.02 Å². The van der Waals surface area contributed by atoms with Gasteiger partial charge in [0.15, 0.2) is 0 Å². The predicted molar refractivity (Wildman–Crippen MR) is 148 cm³/mol. The molecule has 0 amide bonds. The third-order valence-electron chi connectivity index (χ3n) is 6.71. The second-order valence-corrected chi connectivity index (χ2v) is 13.3. The van der Waals surface area contributed by atoms with E-state index in [9.17, 15) is 21.2 Å². The number of sulfonamides is 2. The molecule has 1 heterocycles. The van der Waals surface area contributed by atoms with E-state index >= 15 is 0 Å². The molecule has 3 aromatic rings. The number of hydrogen-bond acceptors (Lipinski definition) is 5. The van der Waals surface area contributed by atoms with E-state index in [-0.39, 0.29) is 42.2 Å². The molecule has 0 saturated heterocycles. The first kappa shape index (κ1) is 27.3. The average molecular weight is 590 g/mol. The maximum absolute atomic E-state index is 13.7. The number of hydrazone groups is 1. The first-order valence-electron chi connectivity index (χ1n) is 12.1. The van der Waals surface area contributed by atoms with Crippen LogP contribution in [-0.4, -0.2) is 51.4 Å². The molecule has 1 fully saturated rings. The van der Waals surface area contributed by atoms with E-state index in [0.717, 1.165) is 5.56 Å². The maximum atomic E-state index is 13.7. The molecule has 1 aliphatic heterocycles. The zero-order chi connectivity index (χ0) is 27.8. The third-order valence-corrected chi connectivity index (χ3v) is 9.56. The fourth-order valence-corrected chi connectivity index (χ4v) is 6.60. The Balaban J connectivity index is 1.54. The third kappa shape index (κ3) is 6.14. The summed E-state index contributed by atoms with van der Waals surface area (Å²) in [5.41, 5.74) is 2.21. The van der Waals surface area contributed by atoms with Crippen molar-refractivity contribution in [2.45, 2.75) is 34.9 Å². The highest BCUT2D eigenvalue weighted by molar-refractivity contribution is 7.90. The Morgan fingerprint density at radius 1 is 0.974 bits per heavy atom. The van der Waals surface area contributed by atoms with Gasteiger partial charge in [-0.25, -0.2) is 23.0 Å². The minimum atomic E-state index is -4.19. The van der Waals surface area contributed by atoms with Crippen LogP contribution in [-0.2, 0) is 20.0 Å². The average Bonchev–Trinajstić information content (AvgIpc) is 3.31. The smallest absolute Gasteiger partial charge is 0.285 e. The molecular formula is C26H25ClFN5O4S2. The van der Waals surface area contributed by atoms with Gasteiger partial charge in [-0.2, -0.15) is 13.5 Å². The second-order valence-electron chi connectivity index (χ2n) is 9.41. The molecule has 0 aromatic heterocycles. The quantitative estimate of drug-likeness (QED) is 0.334. The molecule has 0 bridgehead atoms. The Bertz CT molecular complexity index is 1630. The molecule has 0 spiro atoms. The molecule has 13 heteroatoms. The van der Waals surface area contributed by atoms with E-state index in [4.69, 9.17) is 21.8 Å². The van der Waals surface area contributed by atoms with Gasteiger partial charge in [-0.3, -0.25) is 0 Å². The Hall–Kier alpha value is -3.32. The molecule has 1 atom stereocenters. The van der Waals surface area contributed by atoms with Gasteiger partial charge in [0.05, 0.1) is 22.4 Å². The van der Waals surface area contributed by atoms with Gasteiger partial charge in [0, 0.05) is 17.0 Å². The lowest BCUT2D eigenvalue weighted by Crippen LogP contribution is -2.54. The first-order chi connectivity index (χ1) is 18.5. The predicted octanol–water partition coefficient (Wildman–Crippen LogP) is 3.44. The Labute approximate surface area is 231 Å². The minimum Gasteiger partial charge on any atom is -0.351 e. The van der Waals surface area contributed by atoms with Crippen molar-refractivity contribution in [3.05, 3.63) is 101 Å². The van der Waals surface area contributed by atoms with Gasteiger partial charge in [0.2, 0.25) is 16.0 Å². The van der Waals surface area contributed by atoms with Crippen LogP contribution in [0.3, 0.4) is 0 Å². The van der Waals surface area contributed by atoms with Crippen molar-refractivity contribution in [3.8, 4) is 0 Å². The minimum absolute atomic E-state index is 0.0548. The van der Waals surface area contributed by atoms with Crippen molar-refractivity contribution < 1.29 is 21.2 Å². The molecule has 204 valence electrons. The van der Waals surface area contributed by atoms with Crippen molar-refractivity contribution in [2.75, 3.05) is 6.54 Å². The number of guanidine groups is 1. The van der Waals surface area contributed by atoms with E-state index in [1.165, 1.54) is 41.4 Å². The molecule has 1 saturated carbocycles. The van der Waals surface area contributed by atoms with E-state index in [1.807, 2.05) is 30.3 Å². The van der Waals surface area contributed by atoms with E-state index in [1.54, 1.807) is 12.1 Å². The second kappa shape index (κ2) is 10.7. The first-order valence-corrected chi connectivity index (χ1v) is 15.5. The van der Waals surface area contributed by atoms with Crippen molar-refractivity contribution in [1.29, 1.82) is 0 Å². The topological polar surface area (TPSA) is 134 Å². The van der Waals surface area contributed by atoms with E-state index in [2.05, 4.69) is 9.71 Å². The summed E-state index contributed by atoms with van der Waals surface area (Å²) in [5.74, 6) is -0.723. The SMILES string of the molecule is NS(=O)(=O)[C@H]1C[C@@H](N/C(=N/S(=O)(=O)c2ccc(Cl)cc2)N2C[C@H](c3ccccc3)C(c3ccc(F)cc3)=N2)C1. The zero-order valence-electron chi connectivity index (χ0n) is 20.5. The van der Waals surface area contributed by atoms with Crippen molar-refractivity contribution in [2.24, 2.45) is 14.6 Å². The molecule has 39 heavy (non-hydrogen) atoms. The molecule has 2 aliphatic rings. The highest BCUT2D eigenvalue weighted by Gasteiger charge is 2.39. The van der Waals surface area contributed by atoms with Crippen LogP contribution in [0.1, 0.15) is 29.9 Å². The highest BCUT2D eigenvalue weighted by atomic mass is 35.5. The Morgan fingerprint density at radius 2 is 1.62 bits per heavy atom. The van der Waals surface area contributed by atoms with Gasteiger partial charge in [-0.15, -0.1) is 4.40 Å². The summed E-state index contributed by atoms with van der Waals surface area (Å²) in [6.45, 7) is 0.240. The van der Waals surface area contributed by atoms with Crippen molar-refractivity contribution >= 4 is 43.3 Å². The largest absolute Gasteiger partial charge is 0.351 e. The van der Waals surface area contributed by atoms with Crippen LogP contribution < -0.4 is 10.5 Å². The summed E-state index contributed by atoms with van der Waals surface area (Å²) in [7, 11) is -7.90. The van der Waals surface area contributed by atoms with Crippen LogP contribution in [0.15, 0.2) is 93.3 Å². The van der Waals surface area contributed by atoms with E-state index in [0.29, 0.717) is 16.3 Å². The molecule has 0 radical (unpaired) electrons. The van der Waals surface area contributed by atoms with Gasteiger partial charge in [-0.05, 0) is 60.4 Å². The fraction of sp³-hybridized carbons (Fsp3) is 0.231. The molecule has 0 unspecified atom stereocenters. The highest BCUT2D eigenvalue weighted by Crippen LogP contribution is 2.31. The van der Waals surface area contributed by atoms with Crippen LogP contribution in [0.25, 0.3) is 0 Å². The lowest BCUT2D eigenvalue weighted by molar-refractivity contribution is 0.354. The monoisotopic (exact) mass is 589 g/mol. The number of rotatable bonds is 6. The van der Waals surface area contributed by atoms with Gasteiger partial charge >= 0.3 is 0 Å². The van der Waals surface area contributed by atoms with Crippen LogP contribution in [0.4, 0.5) is 4.39 Å². The normalized spacial score (nSPS) is 21.8. The number of halogens is 2. The Morgan fingerprint density at radius 3 is 2.23 bits per heavy atom. The summed E-state index contributed by atoms with van der Waals surface area (Å²) < 4.78 is 67.7. The summed E-state index contributed by atoms with van der Waals surface area (Å²) in [6, 6.07) is 20.7. The number of hydrogen-bond donors (Lipinski definition) is 2. The van der Waals surface area contributed by atoms with Crippen molar-refractivity contribution in [1.82, 2.24) is 10.3 Å². The summed E-state index contributed by atoms with van der Waals surface area (Å²) >= 11 is 5.92. The number of nitrogens with two attached hydrogens (primary N) is 1. The van der Waals surface area contributed by atoms with Crippen molar-refractivity contribution in [3.63, 3.8) is 0 Å². The van der Waals surface area contributed by atoms with Gasteiger partial charge in [-0.1, -0.05) is 54.1 Å². The fourth-order valence-electron chi connectivity index (χ4n) is 4.52. The molecule has 9 nitrogen and oxygen atoms in total. The molecule has 3 N–H and O–H groups in total. The maximum Gasteiger partial charge on any atom is 0.285 e. The lowest BCUT2D eigenvalue weighted by Gasteiger charge is -2.35. The van der Waals surface area contributed by atoms with Gasteiger partial charge in [0.1, 0.15) is 5.82 Å². The van der Waals surface area contributed by atoms with E-state index < -0.39 is 31.1 Å². The van der Waals surface area contributed by atoms with Gasteiger partial charge in [0.25, 0.3) is 10.0 Å². The standard InChI is InChI=1S/C26H25ClFN5O4S2/c27-19-8-12-22(13-9-19)39(36,37)32-26(30-21-14-23(15-21)38(29,34)35)33-16-24(17-4-2-1-3-5-17)25(31-33)18-6-10-20(28)11-7-18/h1-13,21,23-24H,14-16H2,(H,30,32)(H2,29,34,35)/t21-,23+,24-/m1/s1. The molecule has 1 aliphatic carbocycles. The number of nitrogens with zero attached hydrogens (tertiary/aromatic N) is 3. The van der Waals surface area contributed by atoms with Crippen LogP contribution >= 0.6 is 11.6 Å². The number of primary sulfonamides is 1. The van der Waals surface area contributed by atoms with Crippen LogP contribution in [0, 0.1) is 5.82 Å². The number of nitrogens with one attached hydrogen (secondary N) is 1. The number of benzene rings is 3. The zero-order valence-corrected chi connectivity index (χ0v) is 22.9. The molecule has 3 aromatic carbocycles. The Kier molecular flexibility index (Phi) is 7.47.